The number of benzene rings is 1. The van der Waals surface area contributed by atoms with Gasteiger partial charge >= 0.3 is 0 Å². The first kappa shape index (κ1) is 15.0. The first-order valence-electron chi connectivity index (χ1n) is 5.08. The molecule has 6 heteroatoms. The van der Waals surface area contributed by atoms with Gasteiger partial charge in [0.05, 0.1) is 12.2 Å². The third-order valence-corrected chi connectivity index (χ3v) is 3.59. The molecule has 2 N–H and O–H groups in total. The summed E-state index contributed by atoms with van der Waals surface area (Å²) < 4.78 is 2.76. The topological polar surface area (TPSA) is 41.1 Å². The maximum atomic E-state index is 11.5. The molecule has 0 aromatic heterocycles. The zero-order chi connectivity index (χ0) is 13.0. The van der Waals surface area contributed by atoms with Crippen LogP contribution in [0.3, 0.4) is 0 Å². The number of carbonyl (C=O) groups excluding carboxylic acids is 1. The minimum absolute atomic E-state index is 0.0262. The molecule has 0 spiro atoms. The van der Waals surface area contributed by atoms with E-state index in [1.807, 2.05) is 26.0 Å². The molecule has 0 unspecified atom stereocenters. The summed E-state index contributed by atoms with van der Waals surface area (Å²) in [7, 11) is 0. The standard InChI is InChI=1S/C11H13Br3N2O/c1-6(2)16-10(17)5-15-11-8(13)3-7(12)4-9(11)14/h3-4,6,15H,5H2,1-2H3,(H,16,17). The third kappa shape index (κ3) is 4.97. The highest BCUT2D eigenvalue weighted by Gasteiger charge is 2.09. The maximum Gasteiger partial charge on any atom is 0.239 e. The molecule has 1 aromatic carbocycles. The monoisotopic (exact) mass is 426 g/mol. The number of hydrogen-bond donors (Lipinski definition) is 2. The molecule has 0 bridgehead atoms. The lowest BCUT2D eigenvalue weighted by Gasteiger charge is -2.13. The smallest absolute Gasteiger partial charge is 0.239 e. The molecule has 1 aromatic rings. The van der Waals surface area contributed by atoms with E-state index in [-0.39, 0.29) is 18.5 Å². The van der Waals surface area contributed by atoms with Crippen LogP contribution >= 0.6 is 47.8 Å². The molecule has 0 aliphatic carbocycles. The second-order valence-corrected chi connectivity index (χ2v) is 6.44. The molecular weight excluding hydrogens is 416 g/mol. The highest BCUT2D eigenvalue weighted by Crippen LogP contribution is 2.34. The Hall–Kier alpha value is -0.0700. The molecule has 0 saturated carbocycles. The van der Waals surface area contributed by atoms with Gasteiger partial charge in [-0.25, -0.2) is 0 Å². The van der Waals surface area contributed by atoms with Crippen LogP contribution in [0.25, 0.3) is 0 Å². The van der Waals surface area contributed by atoms with Crippen LogP contribution in [-0.2, 0) is 4.79 Å². The van der Waals surface area contributed by atoms with Gasteiger partial charge in [0, 0.05) is 19.5 Å². The predicted molar refractivity (Wildman–Crippen MR) is 81.3 cm³/mol. The van der Waals surface area contributed by atoms with Crippen LogP contribution in [0.2, 0.25) is 0 Å². The molecule has 17 heavy (non-hydrogen) atoms. The lowest BCUT2D eigenvalue weighted by Crippen LogP contribution is -2.34. The van der Waals surface area contributed by atoms with Crippen molar-refractivity contribution >= 4 is 59.4 Å². The fraction of sp³-hybridized carbons (Fsp3) is 0.364. The summed E-state index contributed by atoms with van der Waals surface area (Å²) in [5.41, 5.74) is 0.868. The molecular formula is C11H13Br3N2O. The predicted octanol–water partition coefficient (Wildman–Crippen LogP) is 3.91. The van der Waals surface area contributed by atoms with Crippen LogP contribution < -0.4 is 10.6 Å². The first-order chi connectivity index (χ1) is 7.90. The van der Waals surface area contributed by atoms with E-state index in [1.165, 1.54) is 0 Å². The van der Waals surface area contributed by atoms with Crippen LogP contribution in [-0.4, -0.2) is 18.5 Å². The number of rotatable bonds is 4. The van der Waals surface area contributed by atoms with Crippen molar-refractivity contribution in [3.63, 3.8) is 0 Å². The number of amides is 1. The maximum absolute atomic E-state index is 11.5. The van der Waals surface area contributed by atoms with Crippen molar-refractivity contribution in [2.75, 3.05) is 11.9 Å². The number of carbonyl (C=O) groups is 1. The van der Waals surface area contributed by atoms with Gasteiger partial charge in [-0.05, 0) is 57.8 Å². The van der Waals surface area contributed by atoms with Crippen LogP contribution in [0.5, 0.6) is 0 Å². The Labute approximate surface area is 126 Å². The van der Waals surface area contributed by atoms with Crippen molar-refractivity contribution in [1.29, 1.82) is 0 Å². The molecule has 1 rings (SSSR count). The SMILES string of the molecule is CC(C)NC(=O)CNc1c(Br)cc(Br)cc1Br. The molecule has 0 fully saturated rings. The summed E-state index contributed by atoms with van der Waals surface area (Å²) in [6.45, 7) is 4.11. The minimum atomic E-state index is -0.0262. The van der Waals surface area contributed by atoms with Crippen molar-refractivity contribution in [1.82, 2.24) is 5.32 Å². The summed E-state index contributed by atoms with van der Waals surface area (Å²) in [4.78, 5) is 11.5. The lowest BCUT2D eigenvalue weighted by molar-refractivity contribution is -0.119. The highest BCUT2D eigenvalue weighted by atomic mass is 79.9. The van der Waals surface area contributed by atoms with Crippen molar-refractivity contribution in [3.8, 4) is 0 Å². The molecule has 0 saturated heterocycles. The largest absolute Gasteiger partial charge is 0.374 e. The summed E-state index contributed by atoms with van der Waals surface area (Å²) in [6, 6.07) is 4.00. The van der Waals surface area contributed by atoms with Gasteiger partial charge < -0.3 is 10.6 Å². The Morgan fingerprint density at radius 2 is 1.76 bits per heavy atom. The second-order valence-electron chi connectivity index (χ2n) is 3.82. The Balaban J connectivity index is 2.67. The summed E-state index contributed by atoms with van der Waals surface area (Å²) in [6.07, 6.45) is 0. The molecule has 3 nitrogen and oxygen atoms in total. The zero-order valence-corrected chi connectivity index (χ0v) is 14.2. The van der Waals surface area contributed by atoms with E-state index in [1.54, 1.807) is 0 Å². The van der Waals surface area contributed by atoms with Gasteiger partial charge in [-0.1, -0.05) is 15.9 Å². The van der Waals surface area contributed by atoms with Crippen LogP contribution in [0.1, 0.15) is 13.8 Å². The summed E-state index contributed by atoms with van der Waals surface area (Å²) >= 11 is 10.3. The first-order valence-corrected chi connectivity index (χ1v) is 7.46. The van der Waals surface area contributed by atoms with E-state index in [9.17, 15) is 4.79 Å². The normalized spacial score (nSPS) is 10.5. The zero-order valence-electron chi connectivity index (χ0n) is 9.48. The van der Waals surface area contributed by atoms with Crippen molar-refractivity contribution < 1.29 is 4.79 Å². The molecule has 0 aliphatic rings. The molecule has 0 radical (unpaired) electrons. The van der Waals surface area contributed by atoms with E-state index < -0.39 is 0 Å². The molecule has 1 amide bonds. The number of nitrogens with one attached hydrogen (secondary N) is 2. The molecule has 94 valence electrons. The Morgan fingerprint density at radius 1 is 1.24 bits per heavy atom. The van der Waals surface area contributed by atoms with Crippen LogP contribution in [0, 0.1) is 0 Å². The van der Waals surface area contributed by atoms with E-state index in [0.717, 1.165) is 19.1 Å². The summed E-state index contributed by atoms with van der Waals surface area (Å²) in [5.74, 6) is -0.0262. The minimum Gasteiger partial charge on any atom is -0.374 e. The van der Waals surface area contributed by atoms with Crippen molar-refractivity contribution in [2.45, 2.75) is 19.9 Å². The molecule has 0 heterocycles. The van der Waals surface area contributed by atoms with Crippen molar-refractivity contribution in [2.24, 2.45) is 0 Å². The van der Waals surface area contributed by atoms with E-state index in [4.69, 9.17) is 0 Å². The quantitative estimate of drug-likeness (QED) is 0.763. The Bertz CT molecular complexity index is 398. The fourth-order valence-electron chi connectivity index (χ4n) is 1.25. The van der Waals surface area contributed by atoms with Gasteiger partial charge in [0.2, 0.25) is 5.91 Å². The van der Waals surface area contributed by atoms with Crippen LogP contribution in [0.4, 0.5) is 5.69 Å². The number of anilines is 1. The average molecular weight is 429 g/mol. The van der Waals surface area contributed by atoms with Crippen molar-refractivity contribution in [3.05, 3.63) is 25.6 Å². The number of halogens is 3. The van der Waals surface area contributed by atoms with Gasteiger partial charge in [-0.2, -0.15) is 0 Å². The van der Waals surface area contributed by atoms with E-state index in [2.05, 4.69) is 58.4 Å². The van der Waals surface area contributed by atoms with Gasteiger partial charge in [-0.15, -0.1) is 0 Å². The van der Waals surface area contributed by atoms with Crippen LogP contribution in [0.15, 0.2) is 25.6 Å². The number of hydrogen-bond acceptors (Lipinski definition) is 2. The van der Waals surface area contributed by atoms with Gasteiger partial charge in [0.25, 0.3) is 0 Å². The van der Waals surface area contributed by atoms with Gasteiger partial charge in [0.1, 0.15) is 0 Å². The Morgan fingerprint density at radius 3 is 2.24 bits per heavy atom. The lowest BCUT2D eigenvalue weighted by atomic mass is 10.3. The van der Waals surface area contributed by atoms with E-state index >= 15 is 0 Å². The highest BCUT2D eigenvalue weighted by molar-refractivity contribution is 9.11. The average Bonchev–Trinajstić information content (AvgIpc) is 2.14. The van der Waals surface area contributed by atoms with E-state index in [0.29, 0.717) is 0 Å². The fourth-order valence-corrected chi connectivity index (χ4v) is 3.79. The third-order valence-electron chi connectivity index (χ3n) is 1.88. The molecule has 0 atom stereocenters. The molecule has 0 aliphatic heterocycles. The van der Waals surface area contributed by atoms with Gasteiger partial charge in [-0.3, -0.25) is 4.79 Å². The Kier molecular flexibility index (Phi) is 5.95. The summed E-state index contributed by atoms with van der Waals surface area (Å²) in [5, 5.41) is 5.91. The van der Waals surface area contributed by atoms with Gasteiger partial charge in [0.15, 0.2) is 0 Å². The second kappa shape index (κ2) is 6.75.